The maximum Gasteiger partial charge on any atom is 0.412 e. The number of hydrogen-bond donors (Lipinski definition) is 3. The van der Waals surface area contributed by atoms with Crippen LogP contribution in [0.15, 0.2) is 97.2 Å². The first-order chi connectivity index (χ1) is 20.0. The third-order valence-electron chi connectivity index (χ3n) is 6.09. The van der Waals surface area contributed by atoms with Gasteiger partial charge in [0.25, 0.3) is 11.8 Å². The topological polar surface area (TPSA) is 114 Å². The molecule has 0 aliphatic carbocycles. The van der Waals surface area contributed by atoms with Gasteiger partial charge in [-0.3, -0.25) is 14.9 Å². The van der Waals surface area contributed by atoms with Crippen LogP contribution in [0.3, 0.4) is 0 Å². The van der Waals surface area contributed by atoms with Gasteiger partial charge in [0.15, 0.2) is 0 Å². The fourth-order valence-corrected chi connectivity index (χ4v) is 4.14. The number of nitrogens with one attached hydrogen (secondary N) is 3. The zero-order chi connectivity index (χ0) is 29.9. The molecule has 0 aliphatic heterocycles. The smallest absolute Gasteiger partial charge is 0.412 e. The van der Waals surface area contributed by atoms with Crippen LogP contribution in [0.4, 0.5) is 26.2 Å². The Hall–Kier alpha value is -5.51. The van der Waals surface area contributed by atoms with E-state index >= 15 is 0 Å². The molecular formula is C32H28FN5O4. The second kappa shape index (κ2) is 11.5. The Morgan fingerprint density at radius 1 is 0.714 bits per heavy atom. The molecule has 4 aromatic carbocycles. The lowest BCUT2D eigenvalue weighted by Gasteiger charge is -2.19. The summed E-state index contributed by atoms with van der Waals surface area (Å²) in [6.45, 7) is 5.34. The average molecular weight is 566 g/mol. The Balaban J connectivity index is 1.22. The quantitative estimate of drug-likeness (QED) is 0.205. The molecule has 0 bridgehead atoms. The number of carbonyl (C=O) groups is 3. The van der Waals surface area contributed by atoms with Gasteiger partial charge >= 0.3 is 6.09 Å². The van der Waals surface area contributed by atoms with Crippen molar-refractivity contribution in [3.63, 3.8) is 0 Å². The van der Waals surface area contributed by atoms with Crippen LogP contribution in [0.25, 0.3) is 16.6 Å². The number of amides is 3. The zero-order valence-corrected chi connectivity index (χ0v) is 23.1. The van der Waals surface area contributed by atoms with Crippen LogP contribution in [-0.4, -0.2) is 33.3 Å². The summed E-state index contributed by atoms with van der Waals surface area (Å²) in [7, 11) is 0. The second-order valence-electron chi connectivity index (χ2n) is 10.5. The van der Waals surface area contributed by atoms with Crippen LogP contribution >= 0.6 is 0 Å². The lowest BCUT2D eigenvalue weighted by molar-refractivity contribution is 0.0635. The number of rotatable bonds is 6. The molecule has 10 heteroatoms. The van der Waals surface area contributed by atoms with Crippen molar-refractivity contribution >= 4 is 45.9 Å². The zero-order valence-electron chi connectivity index (χ0n) is 23.1. The van der Waals surface area contributed by atoms with Gasteiger partial charge < -0.3 is 15.4 Å². The van der Waals surface area contributed by atoms with Crippen molar-refractivity contribution in [2.75, 3.05) is 16.0 Å². The summed E-state index contributed by atoms with van der Waals surface area (Å²) in [6, 6.07) is 24.5. The molecule has 0 spiro atoms. The van der Waals surface area contributed by atoms with Crippen molar-refractivity contribution in [1.82, 2.24) is 9.78 Å². The van der Waals surface area contributed by atoms with E-state index in [-0.39, 0.29) is 11.8 Å². The van der Waals surface area contributed by atoms with E-state index < -0.39 is 17.5 Å². The highest BCUT2D eigenvalue weighted by Crippen LogP contribution is 2.24. The van der Waals surface area contributed by atoms with E-state index in [9.17, 15) is 18.8 Å². The summed E-state index contributed by atoms with van der Waals surface area (Å²) in [5, 5.41) is 13.6. The first kappa shape index (κ1) is 28.0. The number of aromatic nitrogens is 2. The molecule has 1 heterocycles. The fraction of sp³-hybridized carbons (Fsp3) is 0.125. The van der Waals surface area contributed by atoms with Gasteiger partial charge in [-0.1, -0.05) is 0 Å². The van der Waals surface area contributed by atoms with Crippen molar-refractivity contribution in [3.05, 3.63) is 114 Å². The molecule has 0 radical (unpaired) electrons. The number of anilines is 3. The molecule has 0 saturated heterocycles. The largest absolute Gasteiger partial charge is 0.444 e. The number of carbonyl (C=O) groups excluding carboxylic acids is 3. The molecule has 0 fully saturated rings. The fourth-order valence-electron chi connectivity index (χ4n) is 4.14. The minimum Gasteiger partial charge on any atom is -0.444 e. The van der Waals surface area contributed by atoms with Crippen LogP contribution in [0, 0.1) is 5.82 Å². The summed E-state index contributed by atoms with van der Waals surface area (Å²) >= 11 is 0. The summed E-state index contributed by atoms with van der Waals surface area (Å²) in [5.74, 6) is -1.05. The maximum absolute atomic E-state index is 13.1. The third kappa shape index (κ3) is 6.79. The minimum absolute atomic E-state index is 0.300. The Kier molecular flexibility index (Phi) is 7.70. The average Bonchev–Trinajstić information content (AvgIpc) is 3.36. The Bertz CT molecular complexity index is 1760. The molecule has 9 nitrogen and oxygen atoms in total. The van der Waals surface area contributed by atoms with Crippen LogP contribution in [0.2, 0.25) is 0 Å². The highest BCUT2D eigenvalue weighted by atomic mass is 19.1. The Labute approximate surface area is 241 Å². The molecule has 5 aromatic rings. The van der Waals surface area contributed by atoms with Crippen molar-refractivity contribution in [3.8, 4) is 5.69 Å². The number of benzene rings is 4. The molecule has 0 atom stereocenters. The monoisotopic (exact) mass is 565 g/mol. The van der Waals surface area contributed by atoms with Gasteiger partial charge in [-0.2, -0.15) is 5.10 Å². The van der Waals surface area contributed by atoms with E-state index in [1.165, 1.54) is 24.3 Å². The van der Waals surface area contributed by atoms with Crippen LogP contribution in [-0.2, 0) is 4.74 Å². The highest BCUT2D eigenvalue weighted by Gasteiger charge is 2.16. The summed E-state index contributed by atoms with van der Waals surface area (Å²) in [4.78, 5) is 37.2. The van der Waals surface area contributed by atoms with Gasteiger partial charge in [0, 0.05) is 33.6 Å². The molecule has 0 unspecified atom stereocenters. The van der Waals surface area contributed by atoms with Crippen molar-refractivity contribution in [2.24, 2.45) is 0 Å². The lowest BCUT2D eigenvalue weighted by Crippen LogP contribution is -2.27. The third-order valence-corrected chi connectivity index (χ3v) is 6.09. The number of halogens is 1. The molecule has 3 amide bonds. The van der Waals surface area contributed by atoms with Gasteiger partial charge in [0.05, 0.1) is 17.4 Å². The lowest BCUT2D eigenvalue weighted by atomic mass is 10.2. The van der Waals surface area contributed by atoms with Crippen LogP contribution in [0.1, 0.15) is 41.5 Å². The minimum atomic E-state index is -0.611. The summed E-state index contributed by atoms with van der Waals surface area (Å²) in [6.07, 6.45) is 1.12. The predicted molar refractivity (Wildman–Crippen MR) is 160 cm³/mol. The normalized spacial score (nSPS) is 11.1. The molecule has 0 saturated carbocycles. The first-order valence-electron chi connectivity index (χ1n) is 13.1. The molecule has 5 rings (SSSR count). The standard InChI is InChI=1S/C32H28FN5O4/c1-32(2,3)42-31(41)37-25-10-6-21(7-11-25)29(39)35-24-12-15-27(16-13-24)38-28-17-14-26(18-22(28)19-34-38)36-30(40)20-4-8-23(33)9-5-20/h4-19H,1-3H3,(H,35,39)(H,36,40)(H,37,41). The van der Waals surface area contributed by atoms with Crippen molar-refractivity contribution in [1.29, 1.82) is 0 Å². The van der Waals surface area contributed by atoms with Gasteiger partial charge in [-0.25, -0.2) is 13.9 Å². The second-order valence-corrected chi connectivity index (χ2v) is 10.5. The predicted octanol–water partition coefficient (Wildman–Crippen LogP) is 7.02. The van der Waals surface area contributed by atoms with Crippen LogP contribution in [0.5, 0.6) is 0 Å². The van der Waals surface area contributed by atoms with Crippen molar-refractivity contribution in [2.45, 2.75) is 26.4 Å². The molecule has 3 N–H and O–H groups in total. The molecule has 42 heavy (non-hydrogen) atoms. The number of nitrogens with zero attached hydrogens (tertiary/aromatic N) is 2. The van der Waals surface area contributed by atoms with Gasteiger partial charge in [0.1, 0.15) is 11.4 Å². The maximum atomic E-state index is 13.1. The van der Waals surface area contributed by atoms with Crippen molar-refractivity contribution < 1.29 is 23.5 Å². The van der Waals surface area contributed by atoms with Crippen LogP contribution < -0.4 is 16.0 Å². The molecule has 0 aliphatic rings. The highest BCUT2D eigenvalue weighted by molar-refractivity contribution is 6.05. The Morgan fingerprint density at radius 2 is 1.24 bits per heavy atom. The van der Waals surface area contributed by atoms with E-state index in [0.717, 1.165) is 16.6 Å². The van der Waals surface area contributed by atoms with E-state index in [4.69, 9.17) is 4.74 Å². The molecule has 1 aromatic heterocycles. The number of hydrogen-bond acceptors (Lipinski definition) is 5. The van der Waals surface area contributed by atoms with Gasteiger partial charge in [-0.15, -0.1) is 0 Å². The Morgan fingerprint density at radius 3 is 1.86 bits per heavy atom. The molecule has 212 valence electrons. The first-order valence-corrected chi connectivity index (χ1v) is 13.1. The van der Waals surface area contributed by atoms with E-state index in [1.54, 1.807) is 74.1 Å². The van der Waals surface area contributed by atoms with E-state index in [0.29, 0.717) is 28.2 Å². The number of fused-ring (bicyclic) bond motifs is 1. The van der Waals surface area contributed by atoms with Gasteiger partial charge in [0.2, 0.25) is 0 Å². The summed E-state index contributed by atoms with van der Waals surface area (Å²) < 4.78 is 20.1. The number of ether oxygens (including phenoxy) is 1. The molecular weight excluding hydrogens is 537 g/mol. The summed E-state index contributed by atoms with van der Waals surface area (Å²) in [5.41, 5.74) is 3.47. The SMILES string of the molecule is CC(C)(C)OC(=O)Nc1ccc(C(=O)Nc2ccc(-n3ncc4cc(NC(=O)c5ccc(F)cc5)ccc43)cc2)cc1. The van der Waals surface area contributed by atoms with E-state index in [2.05, 4.69) is 21.0 Å². The van der Waals surface area contributed by atoms with Gasteiger partial charge in [-0.05, 0) is 112 Å². The van der Waals surface area contributed by atoms with E-state index in [1.807, 2.05) is 24.3 Å².